The summed E-state index contributed by atoms with van der Waals surface area (Å²) < 4.78 is 1.34. The molecule has 5 rings (SSSR count). The summed E-state index contributed by atoms with van der Waals surface area (Å²) in [6.45, 7) is 5.26. The number of para-hydroxylation sites is 1. The number of fused-ring (bicyclic) bond motifs is 1. The van der Waals surface area contributed by atoms with E-state index in [-0.39, 0.29) is 10.6 Å². The smallest absolute Gasteiger partial charge is 0.292 e. The molecule has 7 heteroatoms. The van der Waals surface area contributed by atoms with Crippen molar-refractivity contribution in [3.63, 3.8) is 0 Å². The number of hydrogen-bond acceptors (Lipinski definition) is 5. The predicted octanol–water partition coefficient (Wildman–Crippen LogP) is 4.07. The van der Waals surface area contributed by atoms with Crippen molar-refractivity contribution in [2.45, 2.75) is 6.92 Å². The maximum Gasteiger partial charge on any atom is 0.292 e. The molecule has 0 radical (unpaired) electrons. The van der Waals surface area contributed by atoms with Crippen molar-refractivity contribution in [2.75, 3.05) is 36.0 Å². The van der Waals surface area contributed by atoms with Crippen LogP contribution < -0.4 is 15.4 Å². The zero-order chi connectivity index (χ0) is 21.4. The highest BCUT2D eigenvalue weighted by atomic mass is 35.5. The van der Waals surface area contributed by atoms with Crippen molar-refractivity contribution in [3.8, 4) is 5.69 Å². The summed E-state index contributed by atoms with van der Waals surface area (Å²) in [5.41, 5.74) is 4.50. The largest absolute Gasteiger partial charge is 0.367 e. The molecule has 0 bridgehead atoms. The van der Waals surface area contributed by atoms with Crippen molar-refractivity contribution in [1.82, 2.24) is 14.8 Å². The van der Waals surface area contributed by atoms with Gasteiger partial charge in [-0.25, -0.2) is 0 Å². The second-order valence-corrected chi connectivity index (χ2v) is 8.10. The number of benzene rings is 2. The van der Waals surface area contributed by atoms with Gasteiger partial charge in [0.15, 0.2) is 0 Å². The third kappa shape index (κ3) is 3.64. The fraction of sp³-hybridized carbons (Fsp3) is 0.208. The predicted molar refractivity (Wildman–Crippen MR) is 126 cm³/mol. The van der Waals surface area contributed by atoms with E-state index in [1.54, 1.807) is 6.20 Å². The fourth-order valence-corrected chi connectivity index (χ4v) is 4.36. The molecule has 0 saturated carbocycles. The quantitative estimate of drug-likeness (QED) is 0.489. The lowest BCUT2D eigenvalue weighted by molar-refractivity contribution is 0.650. The van der Waals surface area contributed by atoms with Crippen LogP contribution in [0.1, 0.15) is 5.56 Å². The molecule has 1 aliphatic heterocycles. The first kappa shape index (κ1) is 19.6. The van der Waals surface area contributed by atoms with E-state index >= 15 is 0 Å². The highest BCUT2D eigenvalue weighted by Crippen LogP contribution is 2.29. The first-order valence-corrected chi connectivity index (χ1v) is 10.7. The number of halogens is 1. The number of aryl methyl sites for hydroxylation is 1. The van der Waals surface area contributed by atoms with E-state index < -0.39 is 0 Å². The lowest BCUT2D eigenvalue weighted by atomic mass is 10.1. The van der Waals surface area contributed by atoms with Gasteiger partial charge < -0.3 is 9.80 Å². The number of piperazine rings is 1. The number of nitrogens with zero attached hydrogens (tertiary/aromatic N) is 5. The molecule has 3 heterocycles. The van der Waals surface area contributed by atoms with Gasteiger partial charge in [-0.05, 0) is 37.3 Å². The molecule has 2 aromatic heterocycles. The van der Waals surface area contributed by atoms with Crippen LogP contribution in [0.4, 0.5) is 11.4 Å². The molecular formula is C24H22ClN5O. The fourth-order valence-electron chi connectivity index (χ4n) is 4.11. The Bertz CT molecular complexity index is 1300. The van der Waals surface area contributed by atoms with E-state index in [2.05, 4.69) is 51.1 Å². The summed E-state index contributed by atoms with van der Waals surface area (Å²) in [6, 6.07) is 17.7. The summed E-state index contributed by atoms with van der Waals surface area (Å²) in [7, 11) is 0. The first-order valence-electron chi connectivity index (χ1n) is 10.3. The topological polar surface area (TPSA) is 54.3 Å². The lowest BCUT2D eigenvalue weighted by Gasteiger charge is -2.37. The van der Waals surface area contributed by atoms with Crippen LogP contribution in [-0.4, -0.2) is 40.9 Å². The Morgan fingerprint density at radius 2 is 1.61 bits per heavy atom. The van der Waals surface area contributed by atoms with Crippen LogP contribution in [-0.2, 0) is 0 Å². The van der Waals surface area contributed by atoms with Gasteiger partial charge in [-0.2, -0.15) is 9.78 Å². The molecule has 2 aromatic carbocycles. The number of rotatable bonds is 3. The van der Waals surface area contributed by atoms with Gasteiger partial charge in [-0.3, -0.25) is 9.78 Å². The van der Waals surface area contributed by atoms with Crippen LogP contribution in [0.15, 0.2) is 71.8 Å². The zero-order valence-corrected chi connectivity index (χ0v) is 18.0. The van der Waals surface area contributed by atoms with E-state index in [0.29, 0.717) is 11.4 Å². The highest BCUT2D eigenvalue weighted by Gasteiger charge is 2.22. The minimum absolute atomic E-state index is 0.206. The Morgan fingerprint density at radius 1 is 0.903 bits per heavy atom. The average molecular weight is 432 g/mol. The van der Waals surface area contributed by atoms with Gasteiger partial charge in [0, 0.05) is 43.4 Å². The molecule has 156 valence electrons. The summed E-state index contributed by atoms with van der Waals surface area (Å²) in [5, 5.41) is 5.74. The Kier molecular flexibility index (Phi) is 5.08. The molecule has 0 unspecified atom stereocenters. The summed E-state index contributed by atoms with van der Waals surface area (Å²) in [5.74, 6) is 0. The molecule has 0 aliphatic carbocycles. The minimum Gasteiger partial charge on any atom is -0.367 e. The van der Waals surface area contributed by atoms with Crippen molar-refractivity contribution >= 4 is 33.9 Å². The van der Waals surface area contributed by atoms with Gasteiger partial charge in [0.1, 0.15) is 5.02 Å². The molecule has 1 fully saturated rings. The molecule has 31 heavy (non-hydrogen) atoms. The van der Waals surface area contributed by atoms with Gasteiger partial charge in [-0.15, -0.1) is 0 Å². The van der Waals surface area contributed by atoms with Crippen LogP contribution in [0.25, 0.3) is 16.6 Å². The van der Waals surface area contributed by atoms with Crippen molar-refractivity contribution in [3.05, 3.63) is 87.9 Å². The summed E-state index contributed by atoms with van der Waals surface area (Å²) in [6.07, 6.45) is 3.56. The van der Waals surface area contributed by atoms with E-state index in [1.165, 1.54) is 21.3 Å². The molecule has 0 atom stereocenters. The molecule has 0 spiro atoms. The molecular weight excluding hydrogens is 410 g/mol. The molecule has 1 saturated heterocycles. The van der Waals surface area contributed by atoms with Gasteiger partial charge in [0.05, 0.1) is 23.1 Å². The SMILES string of the molecule is Cc1ccc2nccc(N3CCN(c4cnn(-c5ccccc5)c(=O)c4Cl)CC3)c2c1. The normalized spacial score (nSPS) is 14.3. The third-order valence-electron chi connectivity index (χ3n) is 5.74. The number of aromatic nitrogens is 3. The molecule has 6 nitrogen and oxygen atoms in total. The Morgan fingerprint density at radius 3 is 2.35 bits per heavy atom. The van der Waals surface area contributed by atoms with E-state index in [4.69, 9.17) is 11.6 Å². The second kappa shape index (κ2) is 8.04. The summed E-state index contributed by atoms with van der Waals surface area (Å²) >= 11 is 6.49. The molecule has 4 aromatic rings. The van der Waals surface area contributed by atoms with Crippen molar-refractivity contribution in [2.24, 2.45) is 0 Å². The Hall–Kier alpha value is -3.38. The third-order valence-corrected chi connectivity index (χ3v) is 6.09. The van der Waals surface area contributed by atoms with Gasteiger partial charge >= 0.3 is 0 Å². The molecule has 0 amide bonds. The van der Waals surface area contributed by atoms with Crippen LogP contribution in [0.3, 0.4) is 0 Å². The van der Waals surface area contributed by atoms with Crippen LogP contribution in [0.2, 0.25) is 5.02 Å². The molecule has 1 aliphatic rings. The zero-order valence-electron chi connectivity index (χ0n) is 17.2. The van der Waals surface area contributed by atoms with E-state index in [9.17, 15) is 4.79 Å². The minimum atomic E-state index is -0.302. The maximum atomic E-state index is 12.8. The maximum absolute atomic E-state index is 12.8. The number of hydrogen-bond donors (Lipinski definition) is 0. The monoisotopic (exact) mass is 431 g/mol. The highest BCUT2D eigenvalue weighted by molar-refractivity contribution is 6.33. The average Bonchev–Trinajstić information content (AvgIpc) is 2.81. The van der Waals surface area contributed by atoms with Crippen molar-refractivity contribution in [1.29, 1.82) is 0 Å². The van der Waals surface area contributed by atoms with Crippen LogP contribution in [0, 0.1) is 6.92 Å². The van der Waals surface area contributed by atoms with Gasteiger partial charge in [0.2, 0.25) is 0 Å². The van der Waals surface area contributed by atoms with Crippen molar-refractivity contribution < 1.29 is 0 Å². The van der Waals surface area contributed by atoms with E-state index in [0.717, 1.165) is 31.7 Å². The van der Waals surface area contributed by atoms with Gasteiger partial charge in [0.25, 0.3) is 5.56 Å². The lowest BCUT2D eigenvalue weighted by Crippen LogP contribution is -2.47. The van der Waals surface area contributed by atoms with E-state index in [1.807, 2.05) is 36.5 Å². The van der Waals surface area contributed by atoms with Gasteiger partial charge in [-0.1, -0.05) is 41.4 Å². The van der Waals surface area contributed by atoms with Crippen LogP contribution in [0.5, 0.6) is 0 Å². The second-order valence-electron chi connectivity index (χ2n) is 7.72. The standard InChI is InChI=1S/C24H22ClN5O/c1-17-7-8-20-19(15-17)21(9-10-26-20)28-11-13-29(14-12-28)22-16-27-30(24(31)23(22)25)18-5-3-2-4-6-18/h2-10,15-16H,11-14H2,1H3. The number of pyridine rings is 1. The summed E-state index contributed by atoms with van der Waals surface area (Å²) in [4.78, 5) is 21.8. The molecule has 0 N–H and O–H groups in total. The number of anilines is 2. The Labute approximate surface area is 185 Å². The first-order chi connectivity index (χ1) is 15.1. The van der Waals surface area contributed by atoms with Crippen LogP contribution >= 0.6 is 11.6 Å². The Balaban J connectivity index is 1.39.